The van der Waals surface area contributed by atoms with E-state index in [1.54, 1.807) is 20.8 Å². The number of rotatable bonds is 6. The lowest BCUT2D eigenvalue weighted by atomic mass is 9.87. The number of hydrogen-bond acceptors (Lipinski definition) is 4. The van der Waals surface area contributed by atoms with E-state index in [-0.39, 0.29) is 25.1 Å². The van der Waals surface area contributed by atoms with Gasteiger partial charge in [-0.2, -0.15) is 5.26 Å². The molecular formula is C13H22N2O3. The number of amides is 1. The number of hydrogen-bond donors (Lipinski definition) is 0. The quantitative estimate of drug-likeness (QED) is 0.677. The number of esters is 1. The van der Waals surface area contributed by atoms with Gasteiger partial charge in [-0.15, -0.1) is 0 Å². The number of nitriles is 1. The third-order valence-electron chi connectivity index (χ3n) is 2.91. The molecule has 0 aromatic rings. The van der Waals surface area contributed by atoms with Crippen molar-refractivity contribution in [3.8, 4) is 6.07 Å². The van der Waals surface area contributed by atoms with E-state index >= 15 is 0 Å². The van der Waals surface area contributed by atoms with Gasteiger partial charge in [-0.1, -0.05) is 6.92 Å². The molecule has 0 saturated carbocycles. The molecule has 102 valence electrons. The van der Waals surface area contributed by atoms with Gasteiger partial charge in [-0.25, -0.2) is 0 Å². The van der Waals surface area contributed by atoms with Crippen LogP contribution in [0.25, 0.3) is 0 Å². The molecule has 1 amide bonds. The molecule has 0 rings (SSSR count). The fraction of sp³-hybridized carbons (Fsp3) is 0.769. The molecule has 0 heterocycles. The lowest BCUT2D eigenvalue weighted by Gasteiger charge is -2.31. The van der Waals surface area contributed by atoms with Crippen LogP contribution in [0, 0.1) is 16.7 Å². The summed E-state index contributed by atoms with van der Waals surface area (Å²) >= 11 is 0. The third kappa shape index (κ3) is 4.02. The predicted octanol–water partition coefficient (Wildman–Crippen LogP) is 1.73. The molecule has 5 heteroatoms. The average molecular weight is 254 g/mol. The lowest BCUT2D eigenvalue weighted by Crippen LogP contribution is -2.47. The zero-order valence-electron chi connectivity index (χ0n) is 11.8. The standard InChI is InChI=1S/C13H22N2O3/c1-6-13(5,9-14)12(17)15(10(3)4)8-11(16)18-7-2/h10H,6-8H2,1-5H3. The second kappa shape index (κ2) is 7.00. The second-order valence-electron chi connectivity index (χ2n) is 4.63. The molecule has 0 N–H and O–H groups in total. The van der Waals surface area contributed by atoms with Crippen molar-refractivity contribution < 1.29 is 14.3 Å². The molecule has 18 heavy (non-hydrogen) atoms. The Morgan fingerprint density at radius 2 is 1.94 bits per heavy atom. The van der Waals surface area contributed by atoms with Gasteiger partial charge >= 0.3 is 5.97 Å². The first kappa shape index (κ1) is 16.4. The molecule has 0 aliphatic rings. The summed E-state index contributed by atoms with van der Waals surface area (Å²) in [7, 11) is 0. The SMILES string of the molecule is CCOC(=O)CN(C(=O)C(C)(C#N)CC)C(C)C. The fourth-order valence-corrected chi connectivity index (χ4v) is 1.43. The number of carbonyl (C=O) groups is 2. The van der Waals surface area contributed by atoms with Crippen molar-refractivity contribution in [2.45, 2.75) is 47.1 Å². The Hall–Kier alpha value is -1.57. The Bertz CT molecular complexity index is 347. The molecule has 0 aromatic carbocycles. The van der Waals surface area contributed by atoms with Crippen molar-refractivity contribution in [1.82, 2.24) is 4.90 Å². The molecule has 0 aliphatic heterocycles. The Kier molecular flexibility index (Phi) is 6.39. The van der Waals surface area contributed by atoms with Gasteiger partial charge in [-0.3, -0.25) is 9.59 Å². The summed E-state index contributed by atoms with van der Waals surface area (Å²) in [5, 5.41) is 9.11. The van der Waals surface area contributed by atoms with E-state index < -0.39 is 11.4 Å². The summed E-state index contributed by atoms with van der Waals surface area (Å²) in [5.74, 6) is -0.772. The molecule has 0 fully saturated rings. The van der Waals surface area contributed by atoms with Crippen molar-refractivity contribution in [3.63, 3.8) is 0 Å². The van der Waals surface area contributed by atoms with E-state index in [0.29, 0.717) is 6.42 Å². The Labute approximate surface area is 109 Å². The van der Waals surface area contributed by atoms with E-state index in [9.17, 15) is 9.59 Å². The first-order valence-electron chi connectivity index (χ1n) is 6.20. The van der Waals surface area contributed by atoms with Crippen LogP contribution in [0.1, 0.15) is 41.0 Å². The maximum atomic E-state index is 12.3. The van der Waals surface area contributed by atoms with Gasteiger partial charge in [0.25, 0.3) is 0 Å². The molecule has 1 unspecified atom stereocenters. The van der Waals surface area contributed by atoms with Crippen LogP contribution < -0.4 is 0 Å². The van der Waals surface area contributed by atoms with Crippen molar-refractivity contribution in [1.29, 1.82) is 5.26 Å². The van der Waals surface area contributed by atoms with Gasteiger partial charge in [0, 0.05) is 6.04 Å². The minimum absolute atomic E-state index is 0.110. The van der Waals surface area contributed by atoms with Gasteiger partial charge in [0.2, 0.25) is 5.91 Å². The van der Waals surface area contributed by atoms with Crippen LogP contribution in [0.5, 0.6) is 0 Å². The summed E-state index contributed by atoms with van der Waals surface area (Å²) < 4.78 is 4.84. The maximum Gasteiger partial charge on any atom is 0.325 e. The van der Waals surface area contributed by atoms with Crippen LogP contribution in [0.15, 0.2) is 0 Å². The summed E-state index contributed by atoms with van der Waals surface area (Å²) in [6.07, 6.45) is 0.411. The van der Waals surface area contributed by atoms with Gasteiger partial charge in [0.1, 0.15) is 12.0 Å². The molecule has 0 radical (unpaired) electrons. The van der Waals surface area contributed by atoms with Crippen molar-refractivity contribution in [2.75, 3.05) is 13.2 Å². The normalized spacial score (nSPS) is 13.6. The fourth-order valence-electron chi connectivity index (χ4n) is 1.43. The predicted molar refractivity (Wildman–Crippen MR) is 67.5 cm³/mol. The lowest BCUT2D eigenvalue weighted by molar-refractivity contribution is -0.152. The van der Waals surface area contributed by atoms with Crippen molar-refractivity contribution in [3.05, 3.63) is 0 Å². The average Bonchev–Trinajstić information content (AvgIpc) is 2.34. The summed E-state index contributed by atoms with van der Waals surface area (Å²) in [5.41, 5.74) is -1.09. The third-order valence-corrected chi connectivity index (χ3v) is 2.91. The number of ether oxygens (including phenoxy) is 1. The van der Waals surface area contributed by atoms with Crippen LogP contribution in [-0.2, 0) is 14.3 Å². The Morgan fingerprint density at radius 1 is 1.39 bits per heavy atom. The highest BCUT2D eigenvalue weighted by Gasteiger charge is 2.37. The van der Waals surface area contributed by atoms with E-state index in [1.165, 1.54) is 4.90 Å². The van der Waals surface area contributed by atoms with Gasteiger partial charge in [0.15, 0.2) is 0 Å². The first-order chi connectivity index (χ1) is 8.32. The van der Waals surface area contributed by atoms with E-state index in [0.717, 1.165) is 0 Å². The van der Waals surface area contributed by atoms with Crippen LogP contribution in [0.2, 0.25) is 0 Å². The highest BCUT2D eigenvalue weighted by molar-refractivity contribution is 5.88. The summed E-state index contributed by atoms with van der Waals surface area (Å²) in [6.45, 7) is 8.88. The number of nitrogens with zero attached hydrogens (tertiary/aromatic N) is 2. The topological polar surface area (TPSA) is 70.4 Å². The maximum absolute atomic E-state index is 12.3. The smallest absolute Gasteiger partial charge is 0.325 e. The van der Waals surface area contributed by atoms with E-state index in [2.05, 4.69) is 0 Å². The largest absolute Gasteiger partial charge is 0.465 e. The van der Waals surface area contributed by atoms with Crippen molar-refractivity contribution >= 4 is 11.9 Å². The molecule has 1 atom stereocenters. The van der Waals surface area contributed by atoms with Crippen LogP contribution in [0.3, 0.4) is 0 Å². The molecule has 0 bridgehead atoms. The molecule has 0 spiro atoms. The minimum Gasteiger partial charge on any atom is -0.465 e. The molecule has 0 aromatic heterocycles. The van der Waals surface area contributed by atoms with E-state index in [4.69, 9.17) is 10.00 Å². The van der Waals surface area contributed by atoms with Crippen LogP contribution in [-0.4, -0.2) is 36.0 Å². The van der Waals surface area contributed by atoms with Crippen LogP contribution >= 0.6 is 0 Å². The zero-order valence-corrected chi connectivity index (χ0v) is 11.8. The molecule has 5 nitrogen and oxygen atoms in total. The summed E-state index contributed by atoms with van der Waals surface area (Å²) in [4.78, 5) is 25.2. The van der Waals surface area contributed by atoms with Gasteiger partial charge in [0.05, 0.1) is 12.7 Å². The molecule has 0 saturated heterocycles. The highest BCUT2D eigenvalue weighted by Crippen LogP contribution is 2.24. The number of carbonyl (C=O) groups excluding carboxylic acids is 2. The first-order valence-corrected chi connectivity index (χ1v) is 6.20. The Morgan fingerprint density at radius 3 is 2.28 bits per heavy atom. The van der Waals surface area contributed by atoms with Crippen molar-refractivity contribution in [2.24, 2.45) is 5.41 Å². The van der Waals surface area contributed by atoms with Crippen LogP contribution in [0.4, 0.5) is 0 Å². The van der Waals surface area contributed by atoms with Gasteiger partial charge < -0.3 is 9.64 Å². The highest BCUT2D eigenvalue weighted by atomic mass is 16.5. The zero-order chi connectivity index (χ0) is 14.3. The summed E-state index contributed by atoms with van der Waals surface area (Å²) in [6, 6.07) is 1.87. The monoisotopic (exact) mass is 254 g/mol. The molecular weight excluding hydrogens is 232 g/mol. The minimum atomic E-state index is -1.09. The second-order valence-corrected chi connectivity index (χ2v) is 4.63. The Balaban J connectivity index is 4.97. The van der Waals surface area contributed by atoms with E-state index in [1.807, 2.05) is 19.9 Å². The molecule has 0 aliphatic carbocycles. The van der Waals surface area contributed by atoms with Gasteiger partial charge in [-0.05, 0) is 34.1 Å².